The van der Waals surface area contributed by atoms with Gasteiger partial charge in [0.25, 0.3) is 0 Å². The predicted octanol–water partition coefficient (Wildman–Crippen LogP) is 1.60. The highest BCUT2D eigenvalue weighted by Gasteiger charge is 2.07. The summed E-state index contributed by atoms with van der Waals surface area (Å²) in [6, 6.07) is 1.97. The fourth-order valence-corrected chi connectivity index (χ4v) is 1.84. The molecule has 0 saturated carbocycles. The summed E-state index contributed by atoms with van der Waals surface area (Å²) >= 11 is 5.21. The number of imidazole rings is 1. The molecule has 0 aliphatic rings. The summed E-state index contributed by atoms with van der Waals surface area (Å²) in [5, 5.41) is 1.91. The normalized spacial score (nSPS) is 10.8. The number of H-pyrrole nitrogens is 1. The Morgan fingerprint density at radius 2 is 2.21 bits per heavy atom. The third kappa shape index (κ3) is 1.21. The Morgan fingerprint density at radius 3 is 2.86 bits per heavy atom. The third-order valence-corrected chi connectivity index (χ3v) is 2.44. The molecule has 2 aromatic rings. The lowest BCUT2D eigenvalue weighted by Crippen LogP contribution is -2.24. The number of pyridine rings is 1. The quantitative estimate of drug-likeness (QED) is 0.723. The van der Waals surface area contributed by atoms with Gasteiger partial charge in [0.05, 0.1) is 5.52 Å². The van der Waals surface area contributed by atoms with E-state index < -0.39 is 0 Å². The molecule has 2 heterocycles. The zero-order chi connectivity index (χ0) is 10.3. The summed E-state index contributed by atoms with van der Waals surface area (Å²) in [6.07, 6.45) is 1.79. The molecule has 0 radical (unpaired) electrons. The van der Waals surface area contributed by atoms with Crippen LogP contribution in [-0.2, 0) is 0 Å². The highest BCUT2D eigenvalue weighted by Crippen LogP contribution is 2.14. The molecule has 4 nitrogen and oxygen atoms in total. The van der Waals surface area contributed by atoms with Crippen LogP contribution in [0, 0.1) is 11.7 Å². The van der Waals surface area contributed by atoms with E-state index in [4.69, 9.17) is 12.2 Å². The lowest BCUT2D eigenvalue weighted by atomic mass is 10.3. The number of fused-ring (bicyclic) bond motifs is 1. The van der Waals surface area contributed by atoms with E-state index in [0.29, 0.717) is 4.77 Å². The van der Waals surface area contributed by atoms with Gasteiger partial charge >= 0.3 is 0 Å². The number of hydrogen-bond donors (Lipinski definition) is 1. The van der Waals surface area contributed by atoms with Gasteiger partial charge in [-0.15, -0.1) is 0 Å². The van der Waals surface area contributed by atoms with Crippen molar-refractivity contribution in [2.45, 2.75) is 6.92 Å². The number of rotatable bonds is 1. The molecule has 0 aliphatic carbocycles. The Hall–Kier alpha value is -1.36. The highest BCUT2D eigenvalue weighted by atomic mass is 32.1. The van der Waals surface area contributed by atoms with Crippen LogP contribution in [0.25, 0.3) is 11.2 Å². The molecule has 74 valence electrons. The number of aromatic amines is 1. The van der Waals surface area contributed by atoms with Crippen LogP contribution in [0.1, 0.15) is 5.56 Å². The number of aromatic nitrogens is 3. The van der Waals surface area contributed by atoms with Crippen LogP contribution >= 0.6 is 12.2 Å². The Bertz CT molecular complexity index is 523. The maximum atomic E-state index is 5.21. The topological polar surface area (TPSA) is 36.9 Å². The molecule has 0 saturated heterocycles. The summed E-state index contributed by atoms with van der Waals surface area (Å²) in [4.78, 5) is 7.46. The molecular weight excluding hydrogens is 196 g/mol. The van der Waals surface area contributed by atoms with Crippen molar-refractivity contribution in [1.29, 1.82) is 0 Å². The average Bonchev–Trinajstić information content (AvgIpc) is 2.42. The minimum absolute atomic E-state index is 0.673. The van der Waals surface area contributed by atoms with E-state index in [1.165, 1.54) is 0 Å². The molecule has 14 heavy (non-hydrogen) atoms. The first-order chi connectivity index (χ1) is 6.61. The van der Waals surface area contributed by atoms with Crippen LogP contribution in [0.15, 0.2) is 12.3 Å². The standard InChI is InChI=1S/C9H12N4S/c1-6-4-5-10-8-7(6)11-9(14)13(8)12(2)3/h4-5H,1-3H3,(H,11,14). The lowest BCUT2D eigenvalue weighted by molar-refractivity contribution is 0.735. The summed E-state index contributed by atoms with van der Waals surface area (Å²) in [6.45, 7) is 2.04. The van der Waals surface area contributed by atoms with Crippen molar-refractivity contribution >= 4 is 23.4 Å². The second-order valence-corrected chi connectivity index (χ2v) is 3.80. The second-order valence-electron chi connectivity index (χ2n) is 3.42. The molecule has 0 unspecified atom stereocenters. The molecule has 0 atom stereocenters. The van der Waals surface area contributed by atoms with E-state index in [1.54, 1.807) is 6.20 Å². The SMILES string of the molecule is Cc1ccnc2c1[nH]c(=S)n2N(C)C. The van der Waals surface area contributed by atoms with E-state index in [1.807, 2.05) is 36.8 Å². The number of nitrogens with one attached hydrogen (secondary N) is 1. The van der Waals surface area contributed by atoms with Crippen molar-refractivity contribution < 1.29 is 0 Å². The summed E-state index contributed by atoms with van der Waals surface area (Å²) in [7, 11) is 3.88. The van der Waals surface area contributed by atoms with E-state index in [2.05, 4.69) is 9.97 Å². The van der Waals surface area contributed by atoms with Gasteiger partial charge in [-0.25, -0.2) is 9.66 Å². The molecule has 0 aromatic carbocycles. The molecular formula is C9H12N4S. The van der Waals surface area contributed by atoms with Gasteiger partial charge < -0.3 is 9.99 Å². The zero-order valence-electron chi connectivity index (χ0n) is 8.40. The molecule has 5 heteroatoms. The maximum absolute atomic E-state index is 5.21. The first kappa shape index (κ1) is 9.21. The Balaban J connectivity index is 2.91. The van der Waals surface area contributed by atoms with Gasteiger partial charge in [0.15, 0.2) is 10.4 Å². The smallest absolute Gasteiger partial charge is 0.198 e. The van der Waals surface area contributed by atoms with Gasteiger partial charge in [-0.05, 0) is 30.8 Å². The first-order valence-corrected chi connectivity index (χ1v) is 4.76. The third-order valence-electron chi connectivity index (χ3n) is 2.16. The van der Waals surface area contributed by atoms with Crippen LogP contribution in [0.5, 0.6) is 0 Å². The maximum Gasteiger partial charge on any atom is 0.198 e. The first-order valence-electron chi connectivity index (χ1n) is 4.35. The molecule has 2 rings (SSSR count). The average molecular weight is 208 g/mol. The van der Waals surface area contributed by atoms with Crippen LogP contribution in [0.3, 0.4) is 0 Å². The van der Waals surface area contributed by atoms with Crippen molar-refractivity contribution in [2.75, 3.05) is 19.1 Å². The molecule has 0 spiro atoms. The van der Waals surface area contributed by atoms with Crippen LogP contribution in [0.4, 0.5) is 0 Å². The van der Waals surface area contributed by atoms with Gasteiger partial charge in [0.2, 0.25) is 0 Å². The Morgan fingerprint density at radius 1 is 1.50 bits per heavy atom. The van der Waals surface area contributed by atoms with Gasteiger partial charge in [-0.1, -0.05) is 0 Å². The molecule has 0 aliphatic heterocycles. The van der Waals surface area contributed by atoms with Crippen molar-refractivity contribution in [1.82, 2.24) is 14.6 Å². The van der Waals surface area contributed by atoms with Gasteiger partial charge in [0, 0.05) is 20.3 Å². The minimum Gasteiger partial charge on any atom is -0.328 e. The summed E-state index contributed by atoms with van der Waals surface area (Å²) in [5.74, 6) is 0. The van der Waals surface area contributed by atoms with Gasteiger partial charge in [-0.3, -0.25) is 0 Å². The predicted molar refractivity (Wildman–Crippen MR) is 59.7 cm³/mol. The van der Waals surface area contributed by atoms with Crippen molar-refractivity contribution in [2.24, 2.45) is 0 Å². The monoisotopic (exact) mass is 208 g/mol. The summed E-state index contributed by atoms with van der Waals surface area (Å²) < 4.78 is 2.55. The second kappa shape index (κ2) is 3.09. The van der Waals surface area contributed by atoms with E-state index in [-0.39, 0.29) is 0 Å². The molecule has 0 fully saturated rings. The highest BCUT2D eigenvalue weighted by molar-refractivity contribution is 7.71. The van der Waals surface area contributed by atoms with Crippen LogP contribution in [-0.4, -0.2) is 28.7 Å². The molecule has 1 N–H and O–H groups in total. The molecule has 0 amide bonds. The summed E-state index contributed by atoms with van der Waals surface area (Å²) in [5.41, 5.74) is 3.04. The fraction of sp³-hybridized carbons (Fsp3) is 0.333. The van der Waals surface area contributed by atoms with E-state index in [9.17, 15) is 0 Å². The molecule has 2 aromatic heterocycles. The molecule has 0 bridgehead atoms. The number of hydrogen-bond acceptors (Lipinski definition) is 3. The Kier molecular flexibility index (Phi) is 2.03. The fourth-order valence-electron chi connectivity index (χ4n) is 1.49. The van der Waals surface area contributed by atoms with Crippen molar-refractivity contribution in [3.05, 3.63) is 22.6 Å². The van der Waals surface area contributed by atoms with Crippen molar-refractivity contribution in [3.8, 4) is 0 Å². The minimum atomic E-state index is 0.673. The van der Waals surface area contributed by atoms with Crippen molar-refractivity contribution in [3.63, 3.8) is 0 Å². The van der Waals surface area contributed by atoms with Crippen LogP contribution < -0.4 is 5.01 Å². The largest absolute Gasteiger partial charge is 0.328 e. The number of nitrogens with zero attached hydrogens (tertiary/aromatic N) is 3. The van der Waals surface area contributed by atoms with Gasteiger partial charge in [0.1, 0.15) is 0 Å². The van der Waals surface area contributed by atoms with Crippen LogP contribution in [0.2, 0.25) is 0 Å². The number of aryl methyl sites for hydroxylation is 1. The van der Waals surface area contributed by atoms with E-state index in [0.717, 1.165) is 16.7 Å². The van der Waals surface area contributed by atoms with Gasteiger partial charge in [-0.2, -0.15) is 0 Å². The Labute approximate surface area is 87.2 Å². The van der Waals surface area contributed by atoms with E-state index >= 15 is 0 Å². The zero-order valence-corrected chi connectivity index (χ0v) is 9.22. The lowest BCUT2D eigenvalue weighted by Gasteiger charge is -2.13.